The van der Waals surface area contributed by atoms with Crippen LogP contribution in [-0.4, -0.2) is 54.3 Å². The van der Waals surface area contributed by atoms with Crippen LogP contribution in [0.4, 0.5) is 11.4 Å². The molecule has 59 heavy (non-hydrogen) atoms. The Kier molecular flexibility index (Phi) is 16.2. The zero-order valence-electron chi connectivity index (χ0n) is 33.3. The topological polar surface area (TPSA) is 144 Å². The molecule has 0 saturated heterocycles. The number of anilines is 2. The van der Waals surface area contributed by atoms with Gasteiger partial charge in [0.2, 0.25) is 5.91 Å². The zero-order chi connectivity index (χ0) is 41.4. The molecule has 11 nitrogen and oxygen atoms in total. The first-order chi connectivity index (χ1) is 28.1. The molecule has 6 aromatic rings. The molecule has 0 aliphatic heterocycles. The van der Waals surface area contributed by atoms with Crippen LogP contribution in [0.25, 0.3) is 0 Å². The fourth-order valence-corrected chi connectivity index (χ4v) is 5.59. The van der Waals surface area contributed by atoms with Crippen molar-refractivity contribution in [3.05, 3.63) is 166 Å². The monoisotopic (exact) mass is 788 g/mol. The molecule has 4 aromatic carbocycles. The molecule has 2 aromatic heterocycles. The van der Waals surface area contributed by atoms with Crippen LogP contribution in [0.5, 0.6) is 23.0 Å². The number of nitrogens with two attached hydrogens (primary N) is 1. The van der Waals surface area contributed by atoms with Crippen LogP contribution >= 0.6 is 0 Å². The quantitative estimate of drug-likeness (QED) is 0.0798. The molecule has 300 valence electrons. The van der Waals surface area contributed by atoms with Gasteiger partial charge >= 0.3 is 0 Å². The van der Waals surface area contributed by atoms with Crippen LogP contribution in [0.15, 0.2) is 110 Å². The van der Waals surface area contributed by atoms with E-state index in [0.717, 1.165) is 50.3 Å². The Balaban J connectivity index is 0.000000259. The minimum Gasteiger partial charge on any atom is -0.497 e. The number of ether oxygens (including phenoxy) is 4. The Labute approximate surface area is 346 Å². The van der Waals surface area contributed by atoms with Crippen LogP contribution in [0.1, 0.15) is 63.6 Å². The number of carbonyl (C=O) groups excluding carboxylic acids is 1. The molecule has 0 aliphatic carbocycles. The molecule has 0 bridgehead atoms. The van der Waals surface area contributed by atoms with E-state index in [2.05, 4.69) is 55.5 Å². The Morgan fingerprint density at radius 1 is 0.627 bits per heavy atom. The smallest absolute Gasteiger partial charge is 0.247 e. The van der Waals surface area contributed by atoms with E-state index in [0.29, 0.717) is 53.1 Å². The molecule has 0 spiro atoms. The highest BCUT2D eigenvalue weighted by Crippen LogP contribution is 2.24. The Bertz CT molecular complexity index is 2450. The van der Waals surface area contributed by atoms with Crippen molar-refractivity contribution in [3.8, 4) is 46.7 Å². The summed E-state index contributed by atoms with van der Waals surface area (Å²) >= 11 is 0. The molecule has 3 N–H and O–H groups in total. The lowest BCUT2D eigenvalue weighted by molar-refractivity contribution is -0.111. The molecule has 0 saturated carbocycles. The second-order valence-corrected chi connectivity index (χ2v) is 12.8. The minimum absolute atomic E-state index is 0. The predicted octanol–water partition coefficient (Wildman–Crippen LogP) is 7.93. The number of nitrogens with one attached hydrogen (secondary N) is 1. The fraction of sp³-hybridized carbons (Fsp3) is 0.188. The second kappa shape index (κ2) is 21.6. The van der Waals surface area contributed by atoms with Crippen molar-refractivity contribution in [2.24, 2.45) is 0 Å². The molecule has 0 unspecified atom stereocenters. The summed E-state index contributed by atoms with van der Waals surface area (Å²) in [6.07, 6.45) is 9.15. The van der Waals surface area contributed by atoms with Gasteiger partial charge in [-0.05, 0) is 78.6 Å². The number of rotatable bonds is 10. The maximum atomic E-state index is 11.7. The van der Waals surface area contributed by atoms with Crippen molar-refractivity contribution in [1.29, 1.82) is 0 Å². The summed E-state index contributed by atoms with van der Waals surface area (Å²) < 4.78 is 21.1. The molecular weight excluding hydrogens is 741 g/mol. The van der Waals surface area contributed by atoms with E-state index >= 15 is 0 Å². The number of carbonyl (C=O) groups is 1. The van der Waals surface area contributed by atoms with E-state index in [1.54, 1.807) is 65.4 Å². The minimum atomic E-state index is -0.257. The standard InChI is InChI=1S/C25H23N3O3.C22H21N3O2.CH4/c1-5-25(29)28-23-8-6-7-17(2)22(23)14-24-26-15-19(16-27-24)10-9-18-11-20(30-3)13-21(12-18)31-4;1-15-5-4-6-21(23)20(15)12-22-24-13-17(14-25-22)8-7-16-9-18(26-2)11-19(10-16)27-3;/h5-8,11-13,15-16H,1,14H2,2-4H3,(H,28,29);4-6,9-11,13-14H,12,23H2,1-3H3;1H4. The molecule has 0 fully saturated rings. The van der Waals surface area contributed by atoms with Gasteiger partial charge in [0.15, 0.2) is 0 Å². The van der Waals surface area contributed by atoms with E-state index in [-0.39, 0.29) is 13.3 Å². The first-order valence-electron chi connectivity index (χ1n) is 18.1. The lowest BCUT2D eigenvalue weighted by Gasteiger charge is -2.12. The molecule has 6 rings (SSSR count). The van der Waals surface area contributed by atoms with Crippen molar-refractivity contribution in [2.45, 2.75) is 34.1 Å². The number of nitrogen functional groups attached to an aromatic ring is 1. The number of aryl methyl sites for hydroxylation is 2. The Morgan fingerprint density at radius 2 is 1.02 bits per heavy atom. The maximum absolute atomic E-state index is 11.7. The van der Waals surface area contributed by atoms with Gasteiger partial charge in [-0.3, -0.25) is 4.79 Å². The van der Waals surface area contributed by atoms with Gasteiger partial charge in [-0.25, -0.2) is 19.9 Å². The van der Waals surface area contributed by atoms with Gasteiger partial charge in [-0.2, -0.15) is 0 Å². The molecule has 0 aliphatic rings. The fourth-order valence-electron chi connectivity index (χ4n) is 5.59. The van der Waals surface area contributed by atoms with Crippen LogP contribution in [0.3, 0.4) is 0 Å². The molecular formula is C48H48N6O5. The number of hydrogen-bond donors (Lipinski definition) is 2. The lowest BCUT2D eigenvalue weighted by Crippen LogP contribution is -2.11. The predicted molar refractivity (Wildman–Crippen MR) is 233 cm³/mol. The lowest BCUT2D eigenvalue weighted by atomic mass is 10.0. The van der Waals surface area contributed by atoms with Crippen LogP contribution in [0.2, 0.25) is 0 Å². The summed E-state index contributed by atoms with van der Waals surface area (Å²) in [6.45, 7) is 7.52. The van der Waals surface area contributed by atoms with E-state index in [1.807, 2.05) is 74.5 Å². The summed E-state index contributed by atoms with van der Waals surface area (Å²) in [4.78, 5) is 29.4. The first kappa shape index (κ1) is 44.1. The van der Waals surface area contributed by atoms with Crippen molar-refractivity contribution in [1.82, 2.24) is 19.9 Å². The number of methoxy groups -OCH3 is 4. The molecule has 1 amide bonds. The Hall–Kier alpha value is -7.63. The van der Waals surface area contributed by atoms with Gasteiger partial charge in [-0.1, -0.05) is 62.0 Å². The van der Waals surface area contributed by atoms with Crippen LogP contribution < -0.4 is 30.0 Å². The van der Waals surface area contributed by atoms with Gasteiger partial charge < -0.3 is 30.0 Å². The first-order valence-corrected chi connectivity index (χ1v) is 18.1. The van der Waals surface area contributed by atoms with E-state index < -0.39 is 0 Å². The number of amides is 1. The summed E-state index contributed by atoms with van der Waals surface area (Å²) in [5, 5.41) is 2.83. The number of hydrogen-bond acceptors (Lipinski definition) is 10. The third kappa shape index (κ3) is 12.7. The molecule has 0 radical (unpaired) electrons. The molecule has 11 heteroatoms. The third-order valence-electron chi connectivity index (χ3n) is 8.79. The normalized spacial score (nSPS) is 9.80. The van der Waals surface area contributed by atoms with Gasteiger partial charge in [0.25, 0.3) is 0 Å². The van der Waals surface area contributed by atoms with Crippen molar-refractivity contribution >= 4 is 17.3 Å². The van der Waals surface area contributed by atoms with Crippen LogP contribution in [0, 0.1) is 37.5 Å². The van der Waals surface area contributed by atoms with Crippen molar-refractivity contribution in [2.75, 3.05) is 39.5 Å². The largest absolute Gasteiger partial charge is 0.497 e. The van der Waals surface area contributed by atoms with Crippen molar-refractivity contribution in [3.63, 3.8) is 0 Å². The average molecular weight is 789 g/mol. The van der Waals surface area contributed by atoms with E-state index in [9.17, 15) is 4.79 Å². The summed E-state index contributed by atoms with van der Waals surface area (Å²) in [7, 11) is 6.42. The number of benzene rings is 4. The Morgan fingerprint density at radius 3 is 1.42 bits per heavy atom. The van der Waals surface area contributed by atoms with Gasteiger partial charge in [0, 0.05) is 72.3 Å². The van der Waals surface area contributed by atoms with E-state index in [4.69, 9.17) is 24.7 Å². The highest BCUT2D eigenvalue weighted by atomic mass is 16.5. The highest BCUT2D eigenvalue weighted by molar-refractivity contribution is 5.99. The van der Waals surface area contributed by atoms with E-state index in [1.165, 1.54) is 6.08 Å². The van der Waals surface area contributed by atoms with Gasteiger partial charge in [0.05, 0.1) is 39.6 Å². The average Bonchev–Trinajstić information content (AvgIpc) is 3.25. The number of aromatic nitrogens is 4. The highest BCUT2D eigenvalue weighted by Gasteiger charge is 2.11. The SMILES string of the molecule is C.C=CC(=O)Nc1cccc(C)c1Cc1ncc(C#Cc2cc(OC)cc(OC)c2)cn1.COc1cc(C#Cc2cnc(Cc3c(C)cccc3N)nc2)cc(OC)c1. The van der Waals surface area contributed by atoms with Crippen LogP contribution in [-0.2, 0) is 17.6 Å². The summed E-state index contributed by atoms with van der Waals surface area (Å²) in [5.74, 6) is 16.1. The summed E-state index contributed by atoms with van der Waals surface area (Å²) in [5.41, 5.74) is 14.7. The second-order valence-electron chi connectivity index (χ2n) is 12.8. The third-order valence-corrected chi connectivity index (χ3v) is 8.79. The molecule has 2 heterocycles. The van der Waals surface area contributed by atoms with Crippen molar-refractivity contribution < 1.29 is 23.7 Å². The van der Waals surface area contributed by atoms with Gasteiger partial charge in [0.1, 0.15) is 34.6 Å². The zero-order valence-corrected chi connectivity index (χ0v) is 33.3. The summed E-state index contributed by atoms with van der Waals surface area (Å²) in [6, 6.07) is 22.6. The molecule has 0 atom stereocenters. The van der Waals surface area contributed by atoms with Gasteiger partial charge in [-0.15, -0.1) is 0 Å². The number of nitrogens with zero attached hydrogens (tertiary/aromatic N) is 4. The maximum Gasteiger partial charge on any atom is 0.247 e.